The Morgan fingerprint density at radius 3 is 2.38 bits per heavy atom. The molecule has 4 aliphatic carbocycles. The molecule has 1 aromatic rings. The van der Waals surface area contributed by atoms with Gasteiger partial charge in [0.25, 0.3) is 5.91 Å². The van der Waals surface area contributed by atoms with Gasteiger partial charge in [-0.2, -0.15) is 0 Å². The van der Waals surface area contributed by atoms with Crippen molar-refractivity contribution in [2.24, 2.45) is 23.2 Å². The Balaban J connectivity index is 1.46. The number of hydrogen-bond acceptors (Lipinski definition) is 2. The minimum absolute atomic E-state index is 0.136. The summed E-state index contributed by atoms with van der Waals surface area (Å²) in [5, 5.41) is 3.56. The lowest BCUT2D eigenvalue weighted by Gasteiger charge is -2.56. The molecule has 4 fully saturated rings. The number of halogens is 1. The SMILES string of the molecule is C[S+]([O-])c1ccc(Cl)c(C(=O)NCC23CC4CC(CC(C4)C2)C3)c1. The summed E-state index contributed by atoms with van der Waals surface area (Å²) < 4.78 is 11.7. The monoisotopic (exact) mass is 365 g/mol. The number of rotatable bonds is 4. The third-order valence-corrected chi connectivity index (χ3v) is 7.55. The molecule has 5 rings (SSSR count). The van der Waals surface area contributed by atoms with Crippen LogP contribution in [0.4, 0.5) is 0 Å². The first-order chi connectivity index (χ1) is 11.4. The molecule has 0 saturated heterocycles. The molecule has 1 N–H and O–H groups in total. The fraction of sp³-hybridized carbons (Fsp3) is 0.632. The molecule has 4 bridgehead atoms. The van der Waals surface area contributed by atoms with Crippen LogP contribution < -0.4 is 5.32 Å². The fourth-order valence-electron chi connectivity index (χ4n) is 5.73. The highest BCUT2D eigenvalue weighted by Crippen LogP contribution is 2.59. The van der Waals surface area contributed by atoms with E-state index in [2.05, 4.69) is 5.32 Å². The third-order valence-electron chi connectivity index (χ3n) is 6.30. The Bertz CT molecular complexity index is 625. The molecule has 0 aliphatic heterocycles. The molecular weight excluding hydrogens is 342 g/mol. The molecule has 0 radical (unpaired) electrons. The summed E-state index contributed by atoms with van der Waals surface area (Å²) in [7, 11) is 0. The Hall–Kier alpha value is -0.710. The second-order valence-electron chi connectivity index (χ2n) is 8.20. The van der Waals surface area contributed by atoms with E-state index in [4.69, 9.17) is 11.6 Å². The zero-order valence-electron chi connectivity index (χ0n) is 14.0. The van der Waals surface area contributed by atoms with E-state index in [9.17, 15) is 9.35 Å². The van der Waals surface area contributed by atoms with Crippen LogP contribution in [0.2, 0.25) is 5.02 Å². The molecule has 0 spiro atoms. The van der Waals surface area contributed by atoms with E-state index in [-0.39, 0.29) is 5.91 Å². The number of carbonyl (C=O) groups is 1. The van der Waals surface area contributed by atoms with Crippen LogP contribution in [0.3, 0.4) is 0 Å². The summed E-state index contributed by atoms with van der Waals surface area (Å²) in [5.74, 6) is 2.50. The molecule has 3 nitrogen and oxygen atoms in total. The molecule has 5 heteroatoms. The molecule has 1 amide bonds. The lowest BCUT2D eigenvalue weighted by molar-refractivity contribution is -0.0503. The molecule has 4 aliphatic rings. The van der Waals surface area contributed by atoms with E-state index in [0.29, 0.717) is 20.9 Å². The van der Waals surface area contributed by atoms with Crippen LogP contribution >= 0.6 is 11.6 Å². The summed E-state index contributed by atoms with van der Waals surface area (Å²) in [5.41, 5.74) is 0.747. The Labute approximate surface area is 151 Å². The van der Waals surface area contributed by atoms with Gasteiger partial charge in [0, 0.05) is 12.6 Å². The smallest absolute Gasteiger partial charge is 0.253 e. The molecule has 1 atom stereocenters. The van der Waals surface area contributed by atoms with E-state index in [1.807, 2.05) is 0 Å². The van der Waals surface area contributed by atoms with Gasteiger partial charge in [0.15, 0.2) is 4.90 Å². The lowest BCUT2D eigenvalue weighted by atomic mass is 9.49. The van der Waals surface area contributed by atoms with Crippen LogP contribution in [0, 0.1) is 23.2 Å². The van der Waals surface area contributed by atoms with Gasteiger partial charge >= 0.3 is 0 Å². The molecule has 130 valence electrons. The highest BCUT2D eigenvalue weighted by atomic mass is 35.5. The molecule has 4 saturated carbocycles. The maximum atomic E-state index is 12.6. The minimum Gasteiger partial charge on any atom is -0.612 e. The summed E-state index contributed by atoms with van der Waals surface area (Å²) in [6.07, 6.45) is 9.64. The minimum atomic E-state index is -1.12. The van der Waals surface area contributed by atoms with Gasteiger partial charge in [0.05, 0.1) is 10.6 Å². The zero-order chi connectivity index (χ0) is 16.9. The van der Waals surface area contributed by atoms with Crippen molar-refractivity contribution in [3.63, 3.8) is 0 Å². The summed E-state index contributed by atoms with van der Waals surface area (Å²) >= 11 is 5.08. The second kappa shape index (κ2) is 6.22. The molecule has 1 unspecified atom stereocenters. The first-order valence-electron chi connectivity index (χ1n) is 8.85. The van der Waals surface area contributed by atoms with Crippen molar-refractivity contribution >= 4 is 28.7 Å². The van der Waals surface area contributed by atoms with Gasteiger partial charge in [0.1, 0.15) is 6.26 Å². The van der Waals surface area contributed by atoms with Crippen molar-refractivity contribution in [3.8, 4) is 0 Å². The quantitative estimate of drug-likeness (QED) is 0.819. The number of carbonyl (C=O) groups excluding carboxylic acids is 1. The first kappa shape index (κ1) is 16.7. The predicted molar refractivity (Wildman–Crippen MR) is 96.7 cm³/mol. The van der Waals surface area contributed by atoms with Crippen LogP contribution in [-0.2, 0) is 11.2 Å². The summed E-state index contributed by atoms with van der Waals surface area (Å²) in [4.78, 5) is 13.3. The highest BCUT2D eigenvalue weighted by Gasteiger charge is 2.50. The number of nitrogens with one attached hydrogen (secondary N) is 1. The molecule has 0 aromatic heterocycles. The van der Waals surface area contributed by atoms with Crippen molar-refractivity contribution in [3.05, 3.63) is 28.8 Å². The molecule has 1 aromatic carbocycles. The second-order valence-corrected chi connectivity index (χ2v) is 9.98. The van der Waals surface area contributed by atoms with Crippen molar-refractivity contribution < 1.29 is 9.35 Å². The van der Waals surface area contributed by atoms with Gasteiger partial charge in [-0.25, -0.2) is 0 Å². The third kappa shape index (κ3) is 3.09. The van der Waals surface area contributed by atoms with E-state index < -0.39 is 11.2 Å². The van der Waals surface area contributed by atoms with Crippen LogP contribution in [0.25, 0.3) is 0 Å². The van der Waals surface area contributed by atoms with Gasteiger partial charge in [-0.05, 0) is 85.0 Å². The predicted octanol–water partition coefficient (Wildman–Crippen LogP) is 4.02. The number of hydrogen-bond donors (Lipinski definition) is 1. The average molecular weight is 366 g/mol. The van der Waals surface area contributed by atoms with Crippen LogP contribution in [0.1, 0.15) is 48.9 Å². The fourth-order valence-corrected chi connectivity index (χ4v) is 6.47. The Morgan fingerprint density at radius 2 is 1.83 bits per heavy atom. The van der Waals surface area contributed by atoms with Crippen molar-refractivity contribution in [2.45, 2.75) is 43.4 Å². The zero-order valence-corrected chi connectivity index (χ0v) is 15.6. The Kier molecular flexibility index (Phi) is 4.34. The summed E-state index contributed by atoms with van der Waals surface area (Å²) in [6.45, 7) is 0.755. The largest absolute Gasteiger partial charge is 0.612 e. The Morgan fingerprint density at radius 1 is 1.25 bits per heavy atom. The van der Waals surface area contributed by atoms with Crippen molar-refractivity contribution in [2.75, 3.05) is 12.8 Å². The van der Waals surface area contributed by atoms with Crippen molar-refractivity contribution in [1.82, 2.24) is 5.32 Å². The van der Waals surface area contributed by atoms with E-state index in [1.165, 1.54) is 38.5 Å². The van der Waals surface area contributed by atoms with Gasteiger partial charge in [-0.3, -0.25) is 4.79 Å². The molecule has 0 heterocycles. The van der Waals surface area contributed by atoms with E-state index in [1.54, 1.807) is 24.5 Å². The normalized spacial score (nSPS) is 35.0. The van der Waals surface area contributed by atoms with Gasteiger partial charge < -0.3 is 9.87 Å². The van der Waals surface area contributed by atoms with Crippen LogP contribution in [0.5, 0.6) is 0 Å². The molecular formula is C19H24ClNO2S. The topological polar surface area (TPSA) is 52.2 Å². The lowest BCUT2D eigenvalue weighted by Crippen LogP contribution is -2.51. The van der Waals surface area contributed by atoms with Crippen LogP contribution in [0.15, 0.2) is 23.1 Å². The maximum absolute atomic E-state index is 12.6. The standard InChI is InChI=1S/C19H24ClNO2S/c1-24(23)15-2-3-17(20)16(7-15)18(22)21-11-19-8-12-4-13(9-19)6-14(5-12)10-19/h2-3,7,12-14H,4-6,8-11H2,1H3,(H,21,22). The van der Waals surface area contributed by atoms with E-state index >= 15 is 0 Å². The van der Waals surface area contributed by atoms with Crippen LogP contribution in [-0.4, -0.2) is 23.3 Å². The number of amides is 1. The first-order valence-corrected chi connectivity index (χ1v) is 10.8. The average Bonchev–Trinajstić information content (AvgIpc) is 2.51. The maximum Gasteiger partial charge on any atom is 0.253 e. The number of benzene rings is 1. The van der Waals surface area contributed by atoms with Gasteiger partial charge in [-0.15, -0.1) is 0 Å². The van der Waals surface area contributed by atoms with E-state index in [0.717, 1.165) is 24.3 Å². The highest BCUT2D eigenvalue weighted by molar-refractivity contribution is 7.90. The molecule has 24 heavy (non-hydrogen) atoms. The van der Waals surface area contributed by atoms with Gasteiger partial charge in [-0.1, -0.05) is 11.6 Å². The van der Waals surface area contributed by atoms with Gasteiger partial charge in [0.2, 0.25) is 0 Å². The van der Waals surface area contributed by atoms with Crippen molar-refractivity contribution in [1.29, 1.82) is 0 Å². The summed E-state index contributed by atoms with van der Waals surface area (Å²) in [6, 6.07) is 5.04.